The predicted molar refractivity (Wildman–Crippen MR) is 61.9 cm³/mol. The molecule has 0 heterocycles. The van der Waals surface area contributed by atoms with E-state index in [1.165, 1.54) is 6.92 Å². The number of hydrogen-bond donors (Lipinski definition) is 1. The van der Waals surface area contributed by atoms with Crippen molar-refractivity contribution in [2.45, 2.75) is 13.8 Å². The van der Waals surface area contributed by atoms with Gasteiger partial charge in [-0.2, -0.15) is 0 Å². The zero-order valence-corrected chi connectivity index (χ0v) is 10.2. The van der Waals surface area contributed by atoms with Crippen LogP contribution in [0.3, 0.4) is 0 Å². The summed E-state index contributed by atoms with van der Waals surface area (Å²) in [6.07, 6.45) is 0. The molecule has 0 unspecified atom stereocenters. The van der Waals surface area contributed by atoms with Crippen LogP contribution in [0.4, 0.5) is 0 Å². The largest absolute Gasteiger partial charge is 0.345 e. The molecule has 15 heavy (non-hydrogen) atoms. The summed E-state index contributed by atoms with van der Waals surface area (Å²) in [5.74, 6) is -0.287. The molecule has 1 rings (SSSR count). The number of carbonyl (C=O) groups is 2. The molecule has 1 N–H and O–H groups in total. The van der Waals surface area contributed by atoms with Gasteiger partial charge in [0.05, 0.1) is 6.54 Å². The molecule has 1 aromatic carbocycles. The van der Waals surface area contributed by atoms with Gasteiger partial charge in [-0.25, -0.2) is 0 Å². The first-order valence-electron chi connectivity index (χ1n) is 4.54. The Morgan fingerprint density at radius 3 is 2.53 bits per heavy atom. The predicted octanol–water partition coefficient (Wildman–Crippen LogP) is 2.08. The number of benzene rings is 1. The minimum atomic E-state index is -0.227. The van der Waals surface area contributed by atoms with Gasteiger partial charge in [-0.05, 0) is 37.6 Å². The minimum absolute atomic E-state index is 0.0601. The van der Waals surface area contributed by atoms with Crippen molar-refractivity contribution in [1.29, 1.82) is 0 Å². The fourth-order valence-electron chi connectivity index (χ4n) is 1.17. The Kier molecular flexibility index (Phi) is 4.03. The number of ketones is 1. The zero-order valence-electron chi connectivity index (χ0n) is 8.63. The highest BCUT2D eigenvalue weighted by Crippen LogP contribution is 2.15. The maximum absolute atomic E-state index is 11.6. The molecule has 3 nitrogen and oxygen atoms in total. The highest BCUT2D eigenvalue weighted by Gasteiger charge is 2.07. The van der Waals surface area contributed by atoms with Gasteiger partial charge in [0.15, 0.2) is 0 Å². The average molecular weight is 270 g/mol. The fourth-order valence-corrected chi connectivity index (χ4v) is 1.78. The molecule has 80 valence electrons. The van der Waals surface area contributed by atoms with E-state index in [4.69, 9.17) is 0 Å². The Labute approximate surface area is 97.0 Å². The summed E-state index contributed by atoms with van der Waals surface area (Å²) in [4.78, 5) is 22.3. The van der Waals surface area contributed by atoms with Gasteiger partial charge in [0.25, 0.3) is 5.91 Å². The summed E-state index contributed by atoms with van der Waals surface area (Å²) >= 11 is 3.31. The van der Waals surface area contributed by atoms with Crippen LogP contribution in [0.2, 0.25) is 0 Å². The molecule has 0 aliphatic carbocycles. The van der Waals surface area contributed by atoms with Gasteiger partial charge in [-0.3, -0.25) is 9.59 Å². The summed E-state index contributed by atoms with van der Waals surface area (Å²) in [6, 6.07) is 5.42. The van der Waals surface area contributed by atoms with Gasteiger partial charge in [-0.1, -0.05) is 15.9 Å². The molecule has 0 saturated heterocycles. The van der Waals surface area contributed by atoms with E-state index in [0.717, 1.165) is 10.0 Å². The van der Waals surface area contributed by atoms with Crippen molar-refractivity contribution >= 4 is 27.6 Å². The lowest BCUT2D eigenvalue weighted by Gasteiger charge is -2.04. The van der Waals surface area contributed by atoms with E-state index >= 15 is 0 Å². The molecule has 0 radical (unpaired) electrons. The number of rotatable bonds is 3. The van der Waals surface area contributed by atoms with E-state index in [1.54, 1.807) is 12.1 Å². The first-order valence-corrected chi connectivity index (χ1v) is 5.33. The molecule has 0 saturated carbocycles. The van der Waals surface area contributed by atoms with E-state index in [2.05, 4.69) is 21.2 Å². The van der Waals surface area contributed by atoms with Gasteiger partial charge < -0.3 is 5.32 Å². The van der Waals surface area contributed by atoms with Crippen molar-refractivity contribution in [3.63, 3.8) is 0 Å². The molecule has 0 bridgehead atoms. The maximum atomic E-state index is 11.6. The molecule has 0 aliphatic heterocycles. The van der Waals surface area contributed by atoms with Crippen molar-refractivity contribution in [2.75, 3.05) is 6.54 Å². The molecule has 0 atom stereocenters. The Bertz CT molecular complexity index is 381. The minimum Gasteiger partial charge on any atom is -0.345 e. The molecule has 0 aromatic heterocycles. The highest BCUT2D eigenvalue weighted by molar-refractivity contribution is 9.10. The maximum Gasteiger partial charge on any atom is 0.251 e. The third kappa shape index (κ3) is 3.83. The van der Waals surface area contributed by atoms with Crippen LogP contribution in [-0.2, 0) is 4.79 Å². The lowest BCUT2D eigenvalue weighted by Crippen LogP contribution is -2.28. The second kappa shape index (κ2) is 5.07. The number of nitrogens with one attached hydrogen (secondary N) is 1. The van der Waals surface area contributed by atoms with E-state index in [0.29, 0.717) is 5.56 Å². The van der Waals surface area contributed by atoms with E-state index < -0.39 is 0 Å². The Hall–Kier alpha value is -1.16. The van der Waals surface area contributed by atoms with Crippen molar-refractivity contribution in [3.8, 4) is 0 Å². The van der Waals surface area contributed by atoms with Crippen LogP contribution in [0.15, 0.2) is 22.7 Å². The van der Waals surface area contributed by atoms with Gasteiger partial charge >= 0.3 is 0 Å². The van der Waals surface area contributed by atoms with Gasteiger partial charge in [0.1, 0.15) is 5.78 Å². The normalized spacial score (nSPS) is 9.80. The number of halogens is 1. The van der Waals surface area contributed by atoms with Crippen molar-refractivity contribution in [3.05, 3.63) is 33.8 Å². The number of carbonyl (C=O) groups excluding carboxylic acids is 2. The van der Waals surface area contributed by atoms with Crippen LogP contribution in [0.25, 0.3) is 0 Å². The summed E-state index contributed by atoms with van der Waals surface area (Å²) < 4.78 is 0.857. The zero-order chi connectivity index (χ0) is 11.4. The second-order valence-corrected chi connectivity index (χ2v) is 4.32. The van der Waals surface area contributed by atoms with Gasteiger partial charge in [0.2, 0.25) is 0 Å². The second-order valence-electron chi connectivity index (χ2n) is 3.40. The van der Waals surface area contributed by atoms with Crippen LogP contribution >= 0.6 is 15.9 Å². The quantitative estimate of drug-likeness (QED) is 0.914. The number of aryl methyl sites for hydroxylation is 1. The smallest absolute Gasteiger partial charge is 0.251 e. The Morgan fingerprint density at radius 1 is 1.33 bits per heavy atom. The molecular weight excluding hydrogens is 258 g/mol. The summed E-state index contributed by atoms with van der Waals surface area (Å²) in [7, 11) is 0. The lowest BCUT2D eigenvalue weighted by atomic mass is 10.1. The number of amides is 1. The van der Waals surface area contributed by atoms with Crippen LogP contribution < -0.4 is 5.32 Å². The molecule has 0 fully saturated rings. The Balaban J connectivity index is 2.77. The van der Waals surface area contributed by atoms with Crippen LogP contribution in [0.1, 0.15) is 22.8 Å². The number of Topliss-reactive ketones (excluding diaryl/α,β-unsaturated/α-hetero) is 1. The molecular formula is C11H12BrNO2. The highest BCUT2D eigenvalue weighted by atomic mass is 79.9. The average Bonchev–Trinajstić information content (AvgIpc) is 2.12. The SMILES string of the molecule is CC(=O)CNC(=O)c1cc(C)cc(Br)c1. The number of hydrogen-bond acceptors (Lipinski definition) is 2. The van der Waals surface area contributed by atoms with Crippen LogP contribution in [0, 0.1) is 6.92 Å². The standard InChI is InChI=1S/C11H12BrNO2/c1-7-3-9(5-10(12)4-7)11(15)13-6-8(2)14/h3-5H,6H2,1-2H3,(H,13,15). The molecule has 0 aliphatic rings. The molecule has 4 heteroatoms. The Morgan fingerprint density at radius 2 is 2.00 bits per heavy atom. The first-order chi connectivity index (χ1) is 6.99. The van der Waals surface area contributed by atoms with Crippen LogP contribution in [0.5, 0.6) is 0 Å². The monoisotopic (exact) mass is 269 g/mol. The molecule has 1 amide bonds. The summed E-state index contributed by atoms with van der Waals surface area (Å²) in [5, 5.41) is 2.54. The van der Waals surface area contributed by atoms with Crippen molar-refractivity contribution < 1.29 is 9.59 Å². The van der Waals surface area contributed by atoms with Gasteiger partial charge in [-0.15, -0.1) is 0 Å². The van der Waals surface area contributed by atoms with Gasteiger partial charge in [0, 0.05) is 10.0 Å². The van der Waals surface area contributed by atoms with Crippen molar-refractivity contribution in [1.82, 2.24) is 5.32 Å². The first kappa shape index (κ1) is 11.9. The topological polar surface area (TPSA) is 46.2 Å². The van der Waals surface area contributed by atoms with E-state index in [-0.39, 0.29) is 18.2 Å². The summed E-state index contributed by atoms with van der Waals surface area (Å²) in [6.45, 7) is 3.42. The fraction of sp³-hybridized carbons (Fsp3) is 0.273. The third-order valence-corrected chi connectivity index (χ3v) is 2.26. The van der Waals surface area contributed by atoms with Crippen molar-refractivity contribution in [2.24, 2.45) is 0 Å². The molecule has 0 spiro atoms. The third-order valence-electron chi connectivity index (χ3n) is 1.80. The molecule has 1 aromatic rings. The van der Waals surface area contributed by atoms with Crippen LogP contribution in [-0.4, -0.2) is 18.2 Å². The summed E-state index contributed by atoms with van der Waals surface area (Å²) in [5.41, 5.74) is 1.56. The van der Waals surface area contributed by atoms with E-state index in [9.17, 15) is 9.59 Å². The lowest BCUT2D eigenvalue weighted by molar-refractivity contribution is -0.116. The van der Waals surface area contributed by atoms with E-state index in [1.807, 2.05) is 13.0 Å².